The van der Waals surface area contributed by atoms with E-state index in [4.69, 9.17) is 0 Å². The molecular weight excluding hydrogens is 208 g/mol. The van der Waals surface area contributed by atoms with Crippen LogP contribution in [0.15, 0.2) is 0 Å². The van der Waals surface area contributed by atoms with Crippen LogP contribution in [-0.2, 0) is 0 Å². The molecule has 0 aliphatic heterocycles. The predicted octanol–water partition coefficient (Wildman–Crippen LogP) is 4.10. The number of hydrogen-bond acceptors (Lipinski definition) is 1. The summed E-state index contributed by atoms with van der Waals surface area (Å²) in [6.07, 6.45) is 3.95. The van der Waals surface area contributed by atoms with Gasteiger partial charge in [0, 0.05) is 0 Å². The van der Waals surface area contributed by atoms with Crippen molar-refractivity contribution in [3.8, 4) is 0 Å². The van der Waals surface area contributed by atoms with E-state index < -0.39 is 5.60 Å². The first-order valence-corrected chi connectivity index (χ1v) is 7.38. The highest BCUT2D eigenvalue weighted by molar-refractivity contribution is 5.06. The molecule has 1 heteroatoms. The molecule has 0 aromatic carbocycles. The van der Waals surface area contributed by atoms with Gasteiger partial charge in [-0.1, -0.05) is 34.1 Å². The van der Waals surface area contributed by atoms with Crippen molar-refractivity contribution >= 4 is 0 Å². The van der Waals surface area contributed by atoms with Crippen LogP contribution in [0.1, 0.15) is 60.8 Å². The average Bonchev–Trinajstić information content (AvgIpc) is 2.70. The van der Waals surface area contributed by atoms with Crippen molar-refractivity contribution in [1.82, 2.24) is 0 Å². The highest BCUT2D eigenvalue weighted by Gasteiger charge is 2.57. The molecule has 0 heterocycles. The van der Waals surface area contributed by atoms with Crippen LogP contribution in [0.3, 0.4) is 0 Å². The second kappa shape index (κ2) is 3.98. The molecule has 1 nitrogen and oxygen atoms in total. The zero-order chi connectivity index (χ0) is 13.0. The van der Waals surface area contributed by atoms with Gasteiger partial charge in [0.15, 0.2) is 0 Å². The molecule has 5 atom stereocenters. The van der Waals surface area contributed by atoms with Crippen LogP contribution in [0.5, 0.6) is 0 Å². The molecule has 0 aromatic heterocycles. The molecule has 100 valence electrons. The summed E-state index contributed by atoms with van der Waals surface area (Å²) in [6.45, 7) is 13.6. The molecule has 2 aliphatic rings. The van der Waals surface area contributed by atoms with E-state index in [1.165, 1.54) is 19.3 Å². The van der Waals surface area contributed by atoms with E-state index in [0.29, 0.717) is 11.3 Å². The summed E-state index contributed by atoms with van der Waals surface area (Å²) in [4.78, 5) is 0. The predicted molar refractivity (Wildman–Crippen MR) is 72.7 cm³/mol. The third-order valence-corrected chi connectivity index (χ3v) is 5.56. The van der Waals surface area contributed by atoms with E-state index in [2.05, 4.69) is 27.7 Å². The van der Waals surface area contributed by atoms with Crippen LogP contribution in [0.2, 0.25) is 0 Å². The average molecular weight is 238 g/mol. The highest BCUT2D eigenvalue weighted by Crippen LogP contribution is 2.63. The molecule has 5 unspecified atom stereocenters. The zero-order valence-electron chi connectivity index (χ0n) is 12.5. The molecule has 0 radical (unpaired) electrons. The Morgan fingerprint density at radius 3 is 2.06 bits per heavy atom. The first-order valence-electron chi connectivity index (χ1n) is 7.38. The maximum absolute atomic E-state index is 10.4. The summed E-state index contributed by atoms with van der Waals surface area (Å²) in [5.41, 5.74) is -0.0916. The lowest BCUT2D eigenvalue weighted by atomic mass is 9.60. The van der Waals surface area contributed by atoms with Crippen LogP contribution < -0.4 is 0 Å². The normalized spacial score (nSPS) is 42.2. The molecule has 17 heavy (non-hydrogen) atoms. The summed E-state index contributed by atoms with van der Waals surface area (Å²) >= 11 is 0. The minimum absolute atomic E-state index is 0.393. The van der Waals surface area contributed by atoms with Gasteiger partial charge in [0.2, 0.25) is 0 Å². The molecular formula is C16H30O. The fraction of sp³-hybridized carbons (Fsp3) is 1.00. The highest BCUT2D eigenvalue weighted by atomic mass is 16.3. The van der Waals surface area contributed by atoms with Crippen LogP contribution in [-0.4, -0.2) is 10.7 Å². The lowest BCUT2D eigenvalue weighted by molar-refractivity contribution is -0.0521. The molecule has 2 bridgehead atoms. The second-order valence-corrected chi connectivity index (χ2v) is 8.12. The lowest BCUT2D eigenvalue weighted by Crippen LogP contribution is -2.44. The van der Waals surface area contributed by atoms with E-state index in [1.54, 1.807) is 0 Å². The number of fused-ring (bicyclic) bond motifs is 2. The summed E-state index contributed by atoms with van der Waals surface area (Å²) in [7, 11) is 0. The molecule has 2 rings (SSSR count). The SMILES string of the molecule is CCC1C2CC(C1C(C)(C)C)C(C(C)(C)O)C2. The minimum Gasteiger partial charge on any atom is -0.390 e. The largest absolute Gasteiger partial charge is 0.390 e. The molecule has 0 aromatic rings. The van der Waals surface area contributed by atoms with Crippen LogP contribution in [0, 0.1) is 35.0 Å². The topological polar surface area (TPSA) is 20.2 Å². The first kappa shape index (κ1) is 13.4. The van der Waals surface area contributed by atoms with Gasteiger partial charge in [-0.15, -0.1) is 0 Å². The minimum atomic E-state index is -0.484. The van der Waals surface area contributed by atoms with Crippen molar-refractivity contribution in [2.45, 2.75) is 66.4 Å². The Labute approximate surface area is 107 Å². The van der Waals surface area contributed by atoms with E-state index in [1.807, 2.05) is 13.8 Å². The Hall–Kier alpha value is -0.0400. The van der Waals surface area contributed by atoms with Crippen molar-refractivity contribution in [3.63, 3.8) is 0 Å². The van der Waals surface area contributed by atoms with Crippen molar-refractivity contribution in [3.05, 3.63) is 0 Å². The van der Waals surface area contributed by atoms with Crippen LogP contribution in [0.25, 0.3) is 0 Å². The van der Waals surface area contributed by atoms with Gasteiger partial charge in [0.1, 0.15) is 0 Å². The molecule has 2 aliphatic carbocycles. The summed E-state index contributed by atoms with van der Waals surface area (Å²) in [5.74, 6) is 3.87. The van der Waals surface area contributed by atoms with Crippen LogP contribution >= 0.6 is 0 Å². The van der Waals surface area contributed by atoms with E-state index in [9.17, 15) is 5.11 Å². The number of hydrogen-bond donors (Lipinski definition) is 1. The monoisotopic (exact) mass is 238 g/mol. The second-order valence-electron chi connectivity index (χ2n) is 8.12. The lowest BCUT2D eigenvalue weighted by Gasteiger charge is -2.46. The Bertz CT molecular complexity index is 281. The Morgan fingerprint density at radius 1 is 1.06 bits per heavy atom. The van der Waals surface area contributed by atoms with Gasteiger partial charge < -0.3 is 5.11 Å². The molecule has 2 saturated carbocycles. The van der Waals surface area contributed by atoms with Gasteiger partial charge >= 0.3 is 0 Å². The first-order chi connectivity index (χ1) is 7.66. The molecule has 2 fully saturated rings. The van der Waals surface area contributed by atoms with Crippen LogP contribution in [0.4, 0.5) is 0 Å². The maximum atomic E-state index is 10.4. The fourth-order valence-corrected chi connectivity index (χ4v) is 5.15. The number of rotatable bonds is 2. The van der Waals surface area contributed by atoms with Crippen molar-refractivity contribution < 1.29 is 5.11 Å². The van der Waals surface area contributed by atoms with E-state index >= 15 is 0 Å². The molecule has 0 spiro atoms. The third kappa shape index (κ3) is 2.16. The quantitative estimate of drug-likeness (QED) is 0.768. The third-order valence-electron chi connectivity index (χ3n) is 5.56. The van der Waals surface area contributed by atoms with Gasteiger partial charge in [0.25, 0.3) is 0 Å². The van der Waals surface area contributed by atoms with Gasteiger partial charge in [-0.2, -0.15) is 0 Å². The van der Waals surface area contributed by atoms with Gasteiger partial charge in [0.05, 0.1) is 5.60 Å². The Kier molecular flexibility index (Phi) is 3.14. The molecule has 1 N–H and O–H groups in total. The molecule has 0 amide bonds. The van der Waals surface area contributed by atoms with Crippen molar-refractivity contribution in [2.24, 2.45) is 35.0 Å². The Balaban J connectivity index is 2.26. The Morgan fingerprint density at radius 2 is 1.65 bits per heavy atom. The standard InChI is InChI=1S/C16H30O/c1-7-11-10-8-12(14(11)15(2,3)4)13(9-10)16(5,6)17/h10-14,17H,7-9H2,1-6H3. The summed E-state index contributed by atoms with van der Waals surface area (Å²) in [6, 6.07) is 0. The summed E-state index contributed by atoms with van der Waals surface area (Å²) < 4.78 is 0. The van der Waals surface area contributed by atoms with E-state index in [0.717, 1.165) is 23.7 Å². The fourth-order valence-electron chi connectivity index (χ4n) is 5.15. The van der Waals surface area contributed by atoms with Crippen molar-refractivity contribution in [1.29, 1.82) is 0 Å². The van der Waals surface area contributed by atoms with E-state index in [-0.39, 0.29) is 0 Å². The van der Waals surface area contributed by atoms with Gasteiger partial charge in [-0.05, 0) is 61.7 Å². The zero-order valence-corrected chi connectivity index (χ0v) is 12.5. The maximum Gasteiger partial charge on any atom is 0.0622 e. The van der Waals surface area contributed by atoms with Gasteiger partial charge in [-0.25, -0.2) is 0 Å². The number of aliphatic hydroxyl groups is 1. The summed E-state index contributed by atoms with van der Waals surface area (Å²) in [5, 5.41) is 10.4. The van der Waals surface area contributed by atoms with Crippen molar-refractivity contribution in [2.75, 3.05) is 0 Å². The van der Waals surface area contributed by atoms with Gasteiger partial charge in [-0.3, -0.25) is 0 Å². The smallest absolute Gasteiger partial charge is 0.0622 e. The molecule has 0 saturated heterocycles.